The van der Waals surface area contributed by atoms with Crippen molar-refractivity contribution in [1.29, 1.82) is 0 Å². The van der Waals surface area contributed by atoms with Crippen molar-refractivity contribution in [2.45, 2.75) is 31.3 Å². The monoisotopic (exact) mass is 318 g/mol. The maximum atomic E-state index is 12.1. The van der Waals surface area contributed by atoms with Crippen molar-refractivity contribution in [3.05, 3.63) is 24.4 Å². The first-order valence-corrected chi connectivity index (χ1v) is 8.40. The van der Waals surface area contributed by atoms with Gasteiger partial charge in [-0.2, -0.15) is 0 Å². The Hall–Kier alpha value is -1.86. The molecule has 23 heavy (non-hydrogen) atoms. The van der Waals surface area contributed by atoms with E-state index >= 15 is 0 Å². The number of anilines is 1. The van der Waals surface area contributed by atoms with Crippen molar-refractivity contribution in [2.75, 3.05) is 38.1 Å². The molecule has 2 aliphatic heterocycles. The number of urea groups is 1. The summed E-state index contributed by atoms with van der Waals surface area (Å²) in [6, 6.07) is 6.59. The van der Waals surface area contributed by atoms with Crippen molar-refractivity contribution in [3.8, 4) is 0 Å². The number of carbonyl (C=O) groups is 1. The van der Waals surface area contributed by atoms with Crippen LogP contribution < -0.4 is 21.0 Å². The lowest BCUT2D eigenvalue weighted by atomic mass is 10.1. The zero-order chi connectivity index (χ0) is 16.1. The van der Waals surface area contributed by atoms with Crippen LogP contribution >= 0.6 is 0 Å². The highest BCUT2D eigenvalue weighted by Crippen LogP contribution is 2.17. The Morgan fingerprint density at radius 1 is 1.17 bits per heavy atom. The van der Waals surface area contributed by atoms with Crippen molar-refractivity contribution < 1.29 is 4.79 Å². The topological polar surface area (TPSA) is 72.5 Å². The fraction of sp³-hybridized carbons (Fsp3) is 0.625. The Balaban J connectivity index is 1.39. The van der Waals surface area contributed by atoms with Gasteiger partial charge in [0, 0.05) is 44.5 Å². The summed E-state index contributed by atoms with van der Waals surface area (Å²) in [6.07, 6.45) is 4.78. The van der Waals surface area contributed by atoms with E-state index in [1.807, 2.05) is 36.5 Å². The minimum absolute atomic E-state index is 0.0851. The van der Waals surface area contributed by atoms with Gasteiger partial charge in [0.15, 0.2) is 0 Å². The van der Waals surface area contributed by atoms with E-state index in [4.69, 9.17) is 0 Å². The number of rotatable bonds is 4. The van der Waals surface area contributed by atoms with Crippen LogP contribution in [0.15, 0.2) is 24.4 Å². The molecule has 7 heteroatoms. The number of nitrogens with zero attached hydrogens (tertiary/aromatic N) is 3. The highest BCUT2D eigenvalue weighted by atomic mass is 16.2. The number of hydrogen-bond acceptors (Lipinski definition) is 5. The maximum absolute atomic E-state index is 12.1. The van der Waals surface area contributed by atoms with Crippen LogP contribution in [-0.4, -0.2) is 61.3 Å². The van der Waals surface area contributed by atoms with Crippen LogP contribution in [0.5, 0.6) is 0 Å². The van der Waals surface area contributed by atoms with Gasteiger partial charge in [-0.05, 0) is 38.4 Å². The molecule has 0 unspecified atom stereocenters. The Labute approximate surface area is 137 Å². The number of hydrazine groups is 1. The van der Waals surface area contributed by atoms with Crippen LogP contribution in [0.3, 0.4) is 0 Å². The van der Waals surface area contributed by atoms with E-state index in [1.54, 1.807) is 0 Å². The van der Waals surface area contributed by atoms with E-state index in [1.165, 1.54) is 0 Å². The Bertz CT molecular complexity index is 503. The lowest BCUT2D eigenvalue weighted by Crippen LogP contribution is -2.52. The van der Waals surface area contributed by atoms with Crippen molar-refractivity contribution >= 4 is 11.8 Å². The highest BCUT2D eigenvalue weighted by Gasteiger charge is 2.25. The van der Waals surface area contributed by atoms with Gasteiger partial charge in [0.25, 0.3) is 0 Å². The van der Waals surface area contributed by atoms with Gasteiger partial charge in [-0.1, -0.05) is 6.07 Å². The van der Waals surface area contributed by atoms with E-state index in [0.717, 1.165) is 51.3 Å². The van der Waals surface area contributed by atoms with Crippen LogP contribution in [0.25, 0.3) is 0 Å². The molecule has 1 aromatic heterocycles. The van der Waals surface area contributed by atoms with Gasteiger partial charge in [0.2, 0.25) is 0 Å². The second-order valence-corrected chi connectivity index (χ2v) is 6.25. The minimum atomic E-state index is -0.0851. The fourth-order valence-corrected chi connectivity index (χ4v) is 3.25. The first kappa shape index (κ1) is 16.0. The Kier molecular flexibility index (Phi) is 5.30. The van der Waals surface area contributed by atoms with Gasteiger partial charge in [-0.15, -0.1) is 0 Å². The smallest absolute Gasteiger partial charge is 0.329 e. The van der Waals surface area contributed by atoms with E-state index in [0.29, 0.717) is 6.04 Å². The van der Waals surface area contributed by atoms with Gasteiger partial charge in [-0.3, -0.25) is 5.43 Å². The lowest BCUT2D eigenvalue weighted by molar-refractivity contribution is 0.190. The van der Waals surface area contributed by atoms with E-state index < -0.39 is 0 Å². The number of piperidine rings is 1. The SMILES string of the molecule is CN[C@H]1CCN(NC(=O)NC2CCN(c3ccccn3)CC2)C1. The standard InChI is InChI=1S/C16H26N6O/c1-17-14-7-11-22(12-14)20-16(23)19-13-5-9-21(10-6-13)15-4-2-3-8-18-15/h2-4,8,13-14,17H,5-7,9-12H2,1H3,(H2,19,20,23)/t14-/m0/s1. The summed E-state index contributed by atoms with van der Waals surface area (Å²) in [5, 5.41) is 8.32. The third-order valence-corrected chi connectivity index (χ3v) is 4.66. The molecule has 0 spiro atoms. The molecule has 0 radical (unpaired) electrons. The molecule has 3 heterocycles. The summed E-state index contributed by atoms with van der Waals surface area (Å²) in [7, 11) is 1.96. The average molecular weight is 318 g/mol. The number of hydrogen-bond donors (Lipinski definition) is 3. The Morgan fingerprint density at radius 2 is 1.96 bits per heavy atom. The summed E-state index contributed by atoms with van der Waals surface area (Å²) in [4.78, 5) is 18.8. The number of amides is 2. The van der Waals surface area contributed by atoms with E-state index in [-0.39, 0.29) is 12.1 Å². The number of likely N-dealkylation sites (N-methyl/N-ethyl adjacent to an activating group) is 1. The summed E-state index contributed by atoms with van der Waals surface area (Å²) < 4.78 is 0. The predicted molar refractivity (Wildman–Crippen MR) is 90.2 cm³/mol. The zero-order valence-corrected chi connectivity index (χ0v) is 13.7. The van der Waals surface area contributed by atoms with Crippen LogP contribution in [0.2, 0.25) is 0 Å². The van der Waals surface area contributed by atoms with E-state index in [9.17, 15) is 4.79 Å². The molecule has 0 bridgehead atoms. The second-order valence-electron chi connectivity index (χ2n) is 6.25. The first-order chi connectivity index (χ1) is 11.2. The number of aromatic nitrogens is 1. The molecule has 2 aliphatic rings. The molecule has 7 nitrogen and oxygen atoms in total. The van der Waals surface area contributed by atoms with Gasteiger partial charge >= 0.3 is 6.03 Å². The van der Waals surface area contributed by atoms with Gasteiger partial charge in [-0.25, -0.2) is 14.8 Å². The molecule has 3 N–H and O–H groups in total. The van der Waals surface area contributed by atoms with Crippen molar-refractivity contribution in [1.82, 2.24) is 26.1 Å². The number of pyridine rings is 1. The summed E-state index contributed by atoms with van der Waals surface area (Å²) in [5.74, 6) is 1.02. The van der Waals surface area contributed by atoms with Gasteiger partial charge in [0.1, 0.15) is 5.82 Å². The Morgan fingerprint density at radius 3 is 2.61 bits per heavy atom. The highest BCUT2D eigenvalue weighted by molar-refractivity contribution is 5.73. The molecule has 0 aromatic carbocycles. The van der Waals surface area contributed by atoms with Crippen LogP contribution in [0, 0.1) is 0 Å². The third kappa shape index (κ3) is 4.33. The molecule has 1 atom stereocenters. The average Bonchev–Trinajstić information content (AvgIpc) is 3.04. The van der Waals surface area contributed by atoms with Crippen LogP contribution in [0.1, 0.15) is 19.3 Å². The number of nitrogens with one attached hydrogen (secondary N) is 3. The lowest BCUT2D eigenvalue weighted by Gasteiger charge is -2.33. The third-order valence-electron chi connectivity index (χ3n) is 4.66. The second kappa shape index (κ2) is 7.61. The normalized spacial score (nSPS) is 23.0. The molecule has 126 valence electrons. The number of carbonyl (C=O) groups excluding carboxylic acids is 1. The molecule has 3 rings (SSSR count). The largest absolute Gasteiger partial charge is 0.356 e. The fourth-order valence-electron chi connectivity index (χ4n) is 3.25. The molecule has 1 aromatic rings. The summed E-state index contributed by atoms with van der Waals surface area (Å²) in [6.45, 7) is 3.61. The molecule has 2 saturated heterocycles. The summed E-state index contributed by atoms with van der Waals surface area (Å²) in [5.41, 5.74) is 2.95. The van der Waals surface area contributed by atoms with Crippen molar-refractivity contribution in [3.63, 3.8) is 0 Å². The maximum Gasteiger partial charge on any atom is 0.329 e. The molecular weight excluding hydrogens is 292 g/mol. The van der Waals surface area contributed by atoms with Crippen LogP contribution in [0.4, 0.5) is 10.6 Å². The predicted octanol–water partition coefficient (Wildman–Crippen LogP) is 0.558. The van der Waals surface area contributed by atoms with Gasteiger partial charge in [0.05, 0.1) is 0 Å². The molecule has 2 fully saturated rings. The quantitative estimate of drug-likeness (QED) is 0.756. The summed E-state index contributed by atoms with van der Waals surface area (Å²) >= 11 is 0. The molecule has 2 amide bonds. The molecule has 0 aliphatic carbocycles. The molecular formula is C16H26N6O. The zero-order valence-electron chi connectivity index (χ0n) is 13.7. The van der Waals surface area contributed by atoms with Gasteiger partial charge < -0.3 is 15.5 Å². The minimum Gasteiger partial charge on any atom is -0.356 e. The van der Waals surface area contributed by atoms with E-state index in [2.05, 4.69) is 25.9 Å². The first-order valence-electron chi connectivity index (χ1n) is 8.40. The molecule has 0 saturated carbocycles. The van der Waals surface area contributed by atoms with Crippen molar-refractivity contribution in [2.24, 2.45) is 0 Å². The van der Waals surface area contributed by atoms with Crippen LogP contribution in [-0.2, 0) is 0 Å².